The molecule has 0 bridgehead atoms. The summed E-state index contributed by atoms with van der Waals surface area (Å²) < 4.78 is 10.7. The minimum atomic E-state index is -1.56. The summed E-state index contributed by atoms with van der Waals surface area (Å²) in [4.78, 5) is 31.6. The number of carbonyl (C=O) groups is 3. The van der Waals surface area contributed by atoms with Crippen molar-refractivity contribution in [3.63, 3.8) is 0 Å². The normalized spacial score (nSPS) is 12.2. The van der Waals surface area contributed by atoms with Crippen molar-refractivity contribution in [2.75, 3.05) is 0 Å². The van der Waals surface area contributed by atoms with Crippen molar-refractivity contribution in [3.05, 3.63) is 124 Å². The van der Waals surface area contributed by atoms with Gasteiger partial charge in [0.15, 0.2) is 6.04 Å². The largest absolute Gasteiger partial charge is 0.550 e. The summed E-state index contributed by atoms with van der Waals surface area (Å²) in [5.41, 5.74) is 8.54. The van der Waals surface area contributed by atoms with Crippen LogP contribution < -0.4 is 15.0 Å². The second-order valence-electron chi connectivity index (χ2n) is 11.9. The lowest BCUT2D eigenvalue weighted by Crippen LogP contribution is -2.45. The molecular weight excluding hydrogens is 582 g/mol. The summed E-state index contributed by atoms with van der Waals surface area (Å²) in [6.45, 7) is 14.4. The van der Waals surface area contributed by atoms with Crippen LogP contribution in [0.1, 0.15) is 84.2 Å². The van der Waals surface area contributed by atoms with Gasteiger partial charge >= 0.3 is 5.97 Å². The number of ether oxygens (including phenoxy) is 1. The van der Waals surface area contributed by atoms with Crippen molar-refractivity contribution in [2.24, 2.45) is 0 Å². The van der Waals surface area contributed by atoms with Gasteiger partial charge in [-0.3, -0.25) is 9.59 Å². The van der Waals surface area contributed by atoms with E-state index in [4.69, 9.17) is 9.84 Å². The van der Waals surface area contributed by atoms with Crippen LogP contribution in [-0.4, -0.2) is 27.5 Å². The molecule has 0 saturated heterocycles. The molecule has 3 aromatic carbocycles. The van der Waals surface area contributed by atoms with Crippen LogP contribution in [0.25, 0.3) is 0 Å². The van der Waals surface area contributed by atoms with E-state index in [0.717, 1.165) is 5.56 Å². The smallest absolute Gasteiger partial charge is 0.309 e. The number of benzene rings is 3. The Morgan fingerprint density at radius 3 is 2.15 bits per heavy atom. The Balaban J connectivity index is 0.000000738. The number of carbonyl (C=O) groups excluding carboxylic acids is 2. The van der Waals surface area contributed by atoms with Crippen LogP contribution in [0.4, 0.5) is 0 Å². The maximum absolute atomic E-state index is 12.9. The monoisotopic (exact) mass is 627 g/mol. The average molecular weight is 628 g/mol. The lowest BCUT2D eigenvalue weighted by molar-refractivity contribution is -0.705. The van der Waals surface area contributed by atoms with E-state index in [0.29, 0.717) is 25.6 Å². The number of hydrogen-bond acceptors (Lipinski definition) is 5. The van der Waals surface area contributed by atoms with Crippen LogP contribution in [-0.2, 0) is 38.8 Å². The number of carboxylic acids is 2. The van der Waals surface area contributed by atoms with Crippen LogP contribution in [0.2, 0.25) is 0 Å². The molecule has 2 unspecified atom stereocenters. The van der Waals surface area contributed by atoms with Crippen LogP contribution in [0.3, 0.4) is 0 Å². The number of imidazole rings is 1. The fourth-order valence-corrected chi connectivity index (χ4v) is 4.90. The highest BCUT2D eigenvalue weighted by molar-refractivity contribution is 5.87. The van der Waals surface area contributed by atoms with E-state index >= 15 is 0 Å². The molecule has 2 N–H and O–H groups in total. The van der Waals surface area contributed by atoms with Crippen LogP contribution >= 0.6 is 0 Å². The van der Waals surface area contributed by atoms with Crippen molar-refractivity contribution in [1.29, 1.82) is 0 Å². The van der Waals surface area contributed by atoms with Gasteiger partial charge in [0.25, 0.3) is 5.91 Å². The Hall–Kier alpha value is -4.76. The van der Waals surface area contributed by atoms with Crippen molar-refractivity contribution < 1.29 is 33.9 Å². The first kappa shape index (κ1) is 35.7. The van der Waals surface area contributed by atoms with Gasteiger partial charge in [-0.25, -0.2) is 9.13 Å². The number of carboxylic acid groups (broad SMARTS) is 2. The fraction of sp³-hybridized carbons (Fsp3) is 0.351. The first-order valence-corrected chi connectivity index (χ1v) is 15.4. The first-order valence-electron chi connectivity index (χ1n) is 15.4. The first-order chi connectivity index (χ1) is 21.8. The predicted molar refractivity (Wildman–Crippen MR) is 174 cm³/mol. The lowest BCUT2D eigenvalue weighted by Gasteiger charge is -2.22. The van der Waals surface area contributed by atoms with E-state index in [9.17, 15) is 19.5 Å². The highest BCUT2D eigenvalue weighted by atomic mass is 16.5. The quantitative estimate of drug-likeness (QED) is 0.161. The molecule has 0 aliphatic heterocycles. The Morgan fingerprint density at radius 2 is 1.57 bits per heavy atom. The minimum Gasteiger partial charge on any atom is -0.550 e. The van der Waals surface area contributed by atoms with Crippen molar-refractivity contribution in [3.8, 4) is 0 Å². The molecule has 4 rings (SSSR count). The second-order valence-corrected chi connectivity index (χ2v) is 11.9. The molecule has 244 valence electrons. The standard InChI is InChI=1S/C34H41N3O2.C3H4O4/c1-24(2)31-9-7-8-10-32(31)33(39-22-30-16-13-26(4)27(5)19-30)21-36-17-18-37(23-36)28(6)34(38)35-20-29-14-11-25(3)12-15-29;4-2(5)1-3(6)7/h7-19,23-24,28,33H,20-22H2,1-6H3;1H2,(H,4,5)(H,6,7). The van der Waals surface area contributed by atoms with Crippen molar-refractivity contribution >= 4 is 17.8 Å². The molecule has 2 atom stereocenters. The number of nitrogens with one attached hydrogen (secondary N) is 1. The summed E-state index contributed by atoms with van der Waals surface area (Å²) >= 11 is 0. The maximum atomic E-state index is 12.9. The molecule has 9 heteroatoms. The van der Waals surface area contributed by atoms with Gasteiger partial charge in [0.1, 0.15) is 25.0 Å². The van der Waals surface area contributed by atoms with E-state index in [-0.39, 0.29) is 18.1 Å². The van der Waals surface area contributed by atoms with E-state index in [1.165, 1.54) is 33.4 Å². The van der Waals surface area contributed by atoms with Crippen molar-refractivity contribution in [1.82, 2.24) is 9.88 Å². The minimum absolute atomic E-state index is 0.00832. The maximum Gasteiger partial charge on any atom is 0.309 e. The zero-order valence-electron chi connectivity index (χ0n) is 27.5. The lowest BCUT2D eigenvalue weighted by atomic mass is 9.94. The zero-order valence-corrected chi connectivity index (χ0v) is 27.5. The zero-order chi connectivity index (χ0) is 33.8. The molecular formula is C37H45N3O6. The predicted octanol–water partition coefficient (Wildman–Crippen LogP) is 4.87. The summed E-state index contributed by atoms with van der Waals surface area (Å²) in [5.74, 6) is -2.56. The molecule has 0 aliphatic rings. The number of aromatic nitrogens is 2. The Bertz CT molecular complexity index is 1600. The number of hydrogen-bond donors (Lipinski definition) is 2. The van der Waals surface area contributed by atoms with Gasteiger partial charge in [0.2, 0.25) is 6.33 Å². The molecule has 1 aromatic heterocycles. The SMILES string of the molecule is Cc1ccc(CNC(=O)C(C)[n+]2ccn(CC(OCc3ccc(C)c(C)c3)c3ccccc3C(C)C)c2)cc1.O=C([O-])CC(=O)O. The van der Waals surface area contributed by atoms with Crippen LogP contribution in [0, 0.1) is 20.8 Å². The van der Waals surface area contributed by atoms with Crippen LogP contribution in [0.15, 0.2) is 85.5 Å². The van der Waals surface area contributed by atoms with Gasteiger partial charge in [0.05, 0.1) is 19.0 Å². The molecule has 1 amide bonds. The van der Waals surface area contributed by atoms with E-state index < -0.39 is 18.4 Å². The Kier molecular flexibility index (Phi) is 13.3. The number of nitrogens with zero attached hydrogens (tertiary/aromatic N) is 2. The Labute approximate surface area is 271 Å². The topological polar surface area (TPSA) is 125 Å². The van der Waals surface area contributed by atoms with E-state index in [2.05, 4.69) is 111 Å². The van der Waals surface area contributed by atoms with Gasteiger partial charge in [-0.05, 0) is 67.0 Å². The summed E-state index contributed by atoms with van der Waals surface area (Å²) in [5, 5.41) is 20.0. The van der Waals surface area contributed by atoms with Gasteiger partial charge in [-0.15, -0.1) is 0 Å². The Morgan fingerprint density at radius 1 is 0.913 bits per heavy atom. The number of amides is 1. The molecule has 1 heterocycles. The van der Waals surface area contributed by atoms with Gasteiger partial charge in [0, 0.05) is 6.54 Å². The summed E-state index contributed by atoms with van der Waals surface area (Å²) in [7, 11) is 0. The highest BCUT2D eigenvalue weighted by Crippen LogP contribution is 2.29. The number of aliphatic carboxylic acids is 2. The van der Waals surface area contributed by atoms with E-state index in [1.807, 2.05) is 30.2 Å². The van der Waals surface area contributed by atoms with Gasteiger partial charge in [-0.1, -0.05) is 86.1 Å². The third-order valence-electron chi connectivity index (χ3n) is 7.79. The number of aryl methyl sites for hydroxylation is 3. The third kappa shape index (κ3) is 11.0. The molecule has 9 nitrogen and oxygen atoms in total. The third-order valence-corrected chi connectivity index (χ3v) is 7.79. The average Bonchev–Trinajstić information content (AvgIpc) is 3.48. The number of rotatable bonds is 13. The van der Waals surface area contributed by atoms with Crippen LogP contribution in [0.5, 0.6) is 0 Å². The second kappa shape index (κ2) is 17.1. The summed E-state index contributed by atoms with van der Waals surface area (Å²) in [6.07, 6.45) is 4.94. The molecule has 46 heavy (non-hydrogen) atoms. The molecule has 0 fully saturated rings. The van der Waals surface area contributed by atoms with Gasteiger partial charge < -0.3 is 25.1 Å². The molecule has 0 radical (unpaired) electrons. The van der Waals surface area contributed by atoms with E-state index in [1.54, 1.807) is 0 Å². The molecule has 0 aliphatic carbocycles. The highest BCUT2D eigenvalue weighted by Gasteiger charge is 2.24. The summed E-state index contributed by atoms with van der Waals surface area (Å²) in [6, 6.07) is 23.0. The fourth-order valence-electron chi connectivity index (χ4n) is 4.90. The molecule has 0 spiro atoms. The van der Waals surface area contributed by atoms with Crippen molar-refractivity contribution in [2.45, 2.75) is 85.7 Å². The molecule has 0 saturated carbocycles. The molecule has 4 aromatic rings. The van der Waals surface area contributed by atoms with Gasteiger partial charge in [-0.2, -0.15) is 0 Å².